The fourth-order valence-electron chi connectivity index (χ4n) is 12.2. The van der Waals surface area contributed by atoms with Crippen LogP contribution in [0.2, 0.25) is 102 Å². The van der Waals surface area contributed by atoms with Crippen LogP contribution in [0.15, 0.2) is 358 Å². The highest BCUT2D eigenvalue weighted by molar-refractivity contribution is 6.55. The maximum atomic E-state index is 2.30. The van der Waals surface area contributed by atoms with Crippen LogP contribution in [0.4, 0.5) is 0 Å². The first kappa shape index (κ1) is 115. The van der Waals surface area contributed by atoms with E-state index >= 15 is 0 Å². The molecule has 0 aromatic heterocycles. The molecule has 0 saturated carbocycles. The van der Waals surface area contributed by atoms with E-state index < -0.39 is 0 Å². The molecule has 13 aromatic carbocycles. The quantitative estimate of drug-likeness (QED) is 0.0709. The number of aryl methyl sites for hydroxylation is 4. The molecular formula is C118H167B5. The molecule has 0 amide bonds. The van der Waals surface area contributed by atoms with Crippen LogP contribution in [0.3, 0.4) is 0 Å². The number of rotatable bonds is 15. The van der Waals surface area contributed by atoms with Gasteiger partial charge in [-0.05, 0) is 111 Å². The van der Waals surface area contributed by atoms with Crippen molar-refractivity contribution in [3.63, 3.8) is 0 Å². The molecule has 0 bridgehead atoms. The summed E-state index contributed by atoms with van der Waals surface area (Å²) in [5.41, 5.74) is 25.3. The summed E-state index contributed by atoms with van der Waals surface area (Å²) >= 11 is 0. The van der Waals surface area contributed by atoms with Crippen molar-refractivity contribution in [2.24, 2.45) is 0 Å². The van der Waals surface area contributed by atoms with Gasteiger partial charge in [-0.25, -0.2) is 0 Å². The van der Waals surface area contributed by atoms with E-state index in [2.05, 4.69) is 491 Å². The molecule has 0 heterocycles. The Kier molecular flexibility index (Phi) is 67.1. The standard InChI is InChI=1S/3C28H26.C7H8.5C3H9B.6C2H6/c3*1-21-13-15-26(16-14-21)28(25-11-7-4-8-12-25)27-19-17-24(18-20-27)22(2)23-9-5-3-6-10-23;1-7-5-3-2-4-6-7;5*1-4(2)3;6*1-2/h3*3-20,22,28H,1-2H3;2-6H,1H3;5*1-3H3;6*1-2H3. The second kappa shape index (κ2) is 71.6. The Morgan fingerprint density at radius 1 is 0.130 bits per heavy atom. The van der Waals surface area contributed by atoms with Crippen molar-refractivity contribution in [1.29, 1.82) is 0 Å². The SMILES string of the molecule is CB(C)C.CB(C)C.CB(C)C.CB(C)C.CB(C)C.CC.CC.CC.CC.CC.CC.Cc1ccc(C(c2ccccc2)c2ccc(C(C)c3ccccc3)cc2)cc1.Cc1ccc(C(c2ccccc2)c2ccc(C(C)c3ccccc3)cc2)cc1.Cc1ccc(C(c2ccccc2)c2ccc(C(C)c3ccccc3)cc2)cc1.Cc1ccccc1. The molecule has 0 nitrogen and oxygen atoms in total. The smallest absolute Gasteiger partial charge is 0.0865 e. The van der Waals surface area contributed by atoms with Gasteiger partial charge in [0.05, 0.1) is 0 Å². The van der Waals surface area contributed by atoms with E-state index in [0.717, 1.165) is 33.6 Å². The summed E-state index contributed by atoms with van der Waals surface area (Å²) in [6, 6.07) is 129. The fourth-order valence-corrected chi connectivity index (χ4v) is 12.2. The maximum absolute atomic E-state index is 2.30. The molecule has 0 radical (unpaired) electrons. The number of hydrogen-bond donors (Lipinski definition) is 0. The average Bonchev–Trinajstić information content (AvgIpc) is 0.814. The van der Waals surface area contributed by atoms with E-state index in [1.165, 1.54) is 106 Å². The number of benzene rings is 13. The van der Waals surface area contributed by atoms with Crippen molar-refractivity contribution in [2.75, 3.05) is 0 Å². The second-order valence-corrected chi connectivity index (χ2v) is 33.0. The van der Waals surface area contributed by atoms with Crippen LogP contribution in [0.25, 0.3) is 0 Å². The van der Waals surface area contributed by atoms with Crippen molar-refractivity contribution < 1.29 is 0 Å². The van der Waals surface area contributed by atoms with Gasteiger partial charge in [-0.1, -0.05) is 586 Å². The maximum Gasteiger partial charge on any atom is 0.130 e. The summed E-state index contributed by atoms with van der Waals surface area (Å²) in [6.45, 7) is 76.0. The van der Waals surface area contributed by atoms with Gasteiger partial charge in [-0.15, -0.1) is 0 Å². The third kappa shape index (κ3) is 49.3. The molecule has 123 heavy (non-hydrogen) atoms. The molecule has 0 aliphatic rings. The van der Waals surface area contributed by atoms with Crippen LogP contribution in [-0.2, 0) is 0 Å². The Bertz CT molecular complexity index is 3990. The lowest BCUT2D eigenvalue weighted by molar-refractivity contribution is 0.913. The largest absolute Gasteiger partial charge is 0.130 e. The zero-order chi connectivity index (χ0) is 93.0. The minimum atomic E-state index is 0.253. The third-order valence-electron chi connectivity index (χ3n) is 17.8. The van der Waals surface area contributed by atoms with Crippen molar-refractivity contribution in [1.82, 2.24) is 0 Å². The molecule has 13 rings (SSSR count). The lowest BCUT2D eigenvalue weighted by atomic mass is 9.58. The predicted octanol–water partition coefficient (Wildman–Crippen LogP) is 37.0. The Balaban J connectivity index is 0. The van der Waals surface area contributed by atoms with Gasteiger partial charge in [-0.2, -0.15) is 0 Å². The second-order valence-electron chi connectivity index (χ2n) is 33.0. The Morgan fingerprint density at radius 2 is 0.220 bits per heavy atom. The molecule has 0 saturated heterocycles. The van der Waals surface area contributed by atoms with Gasteiger partial charge in [0.25, 0.3) is 0 Å². The van der Waals surface area contributed by atoms with Crippen LogP contribution >= 0.6 is 0 Å². The molecule has 0 spiro atoms. The van der Waals surface area contributed by atoms with Gasteiger partial charge in [0.15, 0.2) is 0 Å². The highest BCUT2D eigenvalue weighted by Gasteiger charge is 2.21. The fraction of sp³-hybridized carbons (Fsp3) is 0.339. The molecule has 0 N–H and O–H groups in total. The molecule has 0 aliphatic heterocycles. The molecule has 6 unspecified atom stereocenters. The Labute approximate surface area is 761 Å². The third-order valence-corrected chi connectivity index (χ3v) is 17.8. The molecule has 5 heteroatoms. The minimum absolute atomic E-state index is 0.253. The first-order chi connectivity index (χ1) is 59.2. The van der Waals surface area contributed by atoms with E-state index in [1.54, 1.807) is 0 Å². The van der Waals surface area contributed by atoms with Crippen LogP contribution in [-0.4, -0.2) is 33.6 Å². The highest BCUT2D eigenvalue weighted by atomic mass is 14.2. The van der Waals surface area contributed by atoms with Crippen LogP contribution in [0, 0.1) is 27.7 Å². The normalized spacial score (nSPS) is 10.8. The van der Waals surface area contributed by atoms with E-state index in [9.17, 15) is 0 Å². The Hall–Kier alpha value is -9.82. The van der Waals surface area contributed by atoms with E-state index in [0.29, 0.717) is 17.8 Å². The molecule has 654 valence electrons. The predicted molar refractivity (Wildman–Crippen MR) is 573 cm³/mol. The van der Waals surface area contributed by atoms with Crippen LogP contribution in [0.5, 0.6) is 0 Å². The molecule has 0 fully saturated rings. The first-order valence-corrected chi connectivity index (χ1v) is 47.0. The summed E-state index contributed by atoms with van der Waals surface area (Å²) in [5.74, 6) is 1.94. The topological polar surface area (TPSA) is 0 Å². The van der Waals surface area contributed by atoms with Crippen molar-refractivity contribution in [2.45, 2.75) is 269 Å². The summed E-state index contributed by atoms with van der Waals surface area (Å²) in [5, 5.41) is 0. The van der Waals surface area contributed by atoms with E-state index in [1.807, 2.05) is 101 Å². The highest BCUT2D eigenvalue weighted by Crippen LogP contribution is 2.38. The summed E-state index contributed by atoms with van der Waals surface area (Å²) < 4.78 is 0. The van der Waals surface area contributed by atoms with E-state index in [-0.39, 0.29) is 17.8 Å². The Morgan fingerprint density at radius 3 is 0.350 bits per heavy atom. The minimum Gasteiger partial charge on any atom is -0.0865 e. The van der Waals surface area contributed by atoms with Gasteiger partial charge < -0.3 is 0 Å². The summed E-state index contributed by atoms with van der Waals surface area (Å²) in [4.78, 5) is 0. The van der Waals surface area contributed by atoms with E-state index in [4.69, 9.17) is 0 Å². The monoisotopic (exact) mass is 1640 g/mol. The van der Waals surface area contributed by atoms with Crippen LogP contribution < -0.4 is 0 Å². The summed E-state index contributed by atoms with van der Waals surface area (Å²) in [6.07, 6.45) is 0. The van der Waals surface area contributed by atoms with Crippen LogP contribution in [0.1, 0.15) is 245 Å². The van der Waals surface area contributed by atoms with Crippen molar-refractivity contribution in [3.05, 3.63) is 464 Å². The molecular weight excluding hydrogens is 1470 g/mol. The lowest BCUT2D eigenvalue weighted by Crippen LogP contribution is -2.04. The molecule has 13 aromatic rings. The van der Waals surface area contributed by atoms with Crippen molar-refractivity contribution >= 4 is 33.6 Å². The van der Waals surface area contributed by atoms with Gasteiger partial charge in [-0.3, -0.25) is 0 Å². The van der Waals surface area contributed by atoms with Gasteiger partial charge in [0.1, 0.15) is 33.6 Å². The number of hydrogen-bond acceptors (Lipinski definition) is 0. The zero-order valence-corrected chi connectivity index (χ0v) is 83.9. The van der Waals surface area contributed by atoms with Gasteiger partial charge >= 0.3 is 0 Å². The first-order valence-electron chi connectivity index (χ1n) is 47.0. The van der Waals surface area contributed by atoms with Gasteiger partial charge in [0.2, 0.25) is 0 Å². The zero-order valence-electron chi connectivity index (χ0n) is 83.9. The lowest BCUT2D eigenvalue weighted by Gasteiger charge is -2.20. The molecule has 0 aliphatic carbocycles. The van der Waals surface area contributed by atoms with Gasteiger partial charge in [0, 0.05) is 35.5 Å². The molecule has 6 atom stereocenters. The van der Waals surface area contributed by atoms with Crippen molar-refractivity contribution in [3.8, 4) is 0 Å². The summed E-state index contributed by atoms with van der Waals surface area (Å²) in [7, 11) is 0. The average molecular weight is 1640 g/mol.